The molecule has 24 heavy (non-hydrogen) atoms. The Kier molecular flexibility index (Phi) is 3.97. The fraction of sp³-hybridized carbons (Fsp3) is 0.214. The number of fused-ring (bicyclic) bond motifs is 1. The van der Waals surface area contributed by atoms with Crippen molar-refractivity contribution in [1.29, 1.82) is 0 Å². The van der Waals surface area contributed by atoms with Crippen LogP contribution in [0, 0.1) is 0 Å². The second-order valence-corrected chi connectivity index (χ2v) is 6.03. The molecule has 0 bridgehead atoms. The number of nitrogens with two attached hydrogens (primary N) is 1. The monoisotopic (exact) mass is 346 g/mol. The molecule has 0 unspecified atom stereocenters. The minimum atomic E-state index is -0.702. The molecule has 9 nitrogen and oxygen atoms in total. The molecule has 0 fully saturated rings. The third-order valence-electron chi connectivity index (χ3n) is 3.60. The van der Waals surface area contributed by atoms with E-state index in [0.29, 0.717) is 10.8 Å². The molecule has 10 heteroatoms. The Hall–Kier alpha value is -2.88. The van der Waals surface area contributed by atoms with E-state index in [9.17, 15) is 14.4 Å². The van der Waals surface area contributed by atoms with Crippen LogP contribution in [0.4, 0.5) is 5.82 Å². The van der Waals surface area contributed by atoms with Crippen LogP contribution in [-0.4, -0.2) is 35.3 Å². The van der Waals surface area contributed by atoms with Gasteiger partial charge in [0, 0.05) is 20.3 Å². The van der Waals surface area contributed by atoms with Gasteiger partial charge in [-0.2, -0.15) is 0 Å². The van der Waals surface area contributed by atoms with Gasteiger partial charge >= 0.3 is 5.69 Å². The Morgan fingerprint density at radius 3 is 2.71 bits per heavy atom. The van der Waals surface area contributed by atoms with Crippen LogP contribution in [0.1, 0.15) is 10.4 Å². The van der Waals surface area contributed by atoms with Crippen molar-refractivity contribution in [3.63, 3.8) is 0 Å². The fourth-order valence-electron chi connectivity index (χ4n) is 2.24. The molecule has 0 saturated heterocycles. The van der Waals surface area contributed by atoms with Crippen molar-refractivity contribution >= 4 is 29.0 Å². The number of carbonyl (C=O) groups excluding carboxylic acids is 1. The van der Waals surface area contributed by atoms with E-state index in [4.69, 9.17) is 5.73 Å². The Morgan fingerprint density at radius 1 is 1.21 bits per heavy atom. The summed E-state index contributed by atoms with van der Waals surface area (Å²) in [5, 5.41) is 8.53. The van der Waals surface area contributed by atoms with Crippen LogP contribution < -0.4 is 17.0 Å². The second-order valence-electron chi connectivity index (χ2n) is 5.09. The van der Waals surface area contributed by atoms with Gasteiger partial charge in [0.25, 0.3) is 5.56 Å². The van der Waals surface area contributed by atoms with Crippen LogP contribution in [0.25, 0.3) is 5.65 Å². The first-order chi connectivity index (χ1) is 11.4. The average molecular weight is 346 g/mol. The SMILES string of the molecule is Cn1c(N)c(C(=O)CSc2nnc3ccccn23)c(=O)n(C)c1=O. The summed E-state index contributed by atoms with van der Waals surface area (Å²) in [5.41, 5.74) is 4.96. The Bertz CT molecular complexity index is 1060. The molecule has 3 aromatic rings. The van der Waals surface area contributed by atoms with E-state index in [1.54, 1.807) is 16.7 Å². The first-order valence-corrected chi connectivity index (χ1v) is 7.91. The van der Waals surface area contributed by atoms with Crippen LogP contribution in [0.3, 0.4) is 0 Å². The highest BCUT2D eigenvalue weighted by molar-refractivity contribution is 7.99. The van der Waals surface area contributed by atoms with Crippen molar-refractivity contribution in [3.05, 3.63) is 50.8 Å². The summed E-state index contributed by atoms with van der Waals surface area (Å²) in [6.07, 6.45) is 1.78. The summed E-state index contributed by atoms with van der Waals surface area (Å²) in [6.45, 7) is 0. The molecule has 0 radical (unpaired) electrons. The number of nitrogens with zero attached hydrogens (tertiary/aromatic N) is 5. The highest BCUT2D eigenvalue weighted by Crippen LogP contribution is 2.18. The molecule has 0 amide bonds. The summed E-state index contributed by atoms with van der Waals surface area (Å²) >= 11 is 1.14. The normalized spacial score (nSPS) is 11.1. The first-order valence-electron chi connectivity index (χ1n) is 6.93. The van der Waals surface area contributed by atoms with Gasteiger partial charge in [-0.25, -0.2) is 4.79 Å². The van der Waals surface area contributed by atoms with Crippen LogP contribution in [0.5, 0.6) is 0 Å². The minimum absolute atomic E-state index is 0.0483. The number of nitrogen functional groups attached to an aromatic ring is 1. The van der Waals surface area contributed by atoms with E-state index in [-0.39, 0.29) is 17.1 Å². The Labute approximate surface area is 139 Å². The van der Waals surface area contributed by atoms with Crippen molar-refractivity contribution < 1.29 is 4.79 Å². The predicted molar refractivity (Wildman–Crippen MR) is 89.4 cm³/mol. The fourth-order valence-corrected chi connectivity index (χ4v) is 3.04. The number of hydrogen-bond donors (Lipinski definition) is 1. The highest BCUT2D eigenvalue weighted by atomic mass is 32.2. The van der Waals surface area contributed by atoms with Crippen molar-refractivity contribution in [2.45, 2.75) is 5.16 Å². The quantitative estimate of drug-likeness (QED) is 0.508. The van der Waals surface area contributed by atoms with Gasteiger partial charge in [0.1, 0.15) is 11.4 Å². The topological polar surface area (TPSA) is 117 Å². The Morgan fingerprint density at radius 2 is 1.96 bits per heavy atom. The minimum Gasteiger partial charge on any atom is -0.384 e. The van der Waals surface area contributed by atoms with Crippen LogP contribution >= 0.6 is 11.8 Å². The molecule has 0 aromatic carbocycles. The number of hydrogen-bond acceptors (Lipinski definition) is 7. The molecule has 0 aliphatic rings. The second kappa shape index (κ2) is 5.96. The van der Waals surface area contributed by atoms with Crippen molar-refractivity contribution in [2.24, 2.45) is 14.1 Å². The van der Waals surface area contributed by atoms with Crippen LogP contribution in [-0.2, 0) is 14.1 Å². The number of ketones is 1. The number of pyridine rings is 1. The average Bonchev–Trinajstić information content (AvgIpc) is 3.00. The summed E-state index contributed by atoms with van der Waals surface area (Å²) in [6, 6.07) is 5.45. The molecule has 124 valence electrons. The molecule has 0 aliphatic heterocycles. The third kappa shape index (κ3) is 2.50. The number of anilines is 1. The predicted octanol–water partition coefficient (Wildman–Crippen LogP) is -0.316. The molecule has 3 heterocycles. The summed E-state index contributed by atoms with van der Waals surface area (Å²) in [5.74, 6) is -0.658. The van der Waals surface area contributed by atoms with E-state index in [2.05, 4.69) is 10.2 Å². The molecule has 0 spiro atoms. The number of thioether (sulfide) groups is 1. The van der Waals surface area contributed by atoms with Gasteiger partial charge in [-0.1, -0.05) is 17.8 Å². The van der Waals surface area contributed by atoms with Gasteiger partial charge in [0.15, 0.2) is 16.6 Å². The van der Waals surface area contributed by atoms with Gasteiger partial charge in [-0.15, -0.1) is 10.2 Å². The van der Waals surface area contributed by atoms with Gasteiger partial charge < -0.3 is 5.73 Å². The zero-order valence-electron chi connectivity index (χ0n) is 13.0. The molecule has 0 saturated carbocycles. The summed E-state index contributed by atoms with van der Waals surface area (Å²) < 4.78 is 3.67. The molecule has 2 N–H and O–H groups in total. The van der Waals surface area contributed by atoms with Gasteiger partial charge in [0.2, 0.25) is 0 Å². The molecule has 3 aromatic heterocycles. The maximum atomic E-state index is 12.4. The van der Waals surface area contributed by atoms with Gasteiger partial charge in [-0.3, -0.25) is 23.1 Å². The van der Waals surface area contributed by atoms with Crippen molar-refractivity contribution in [2.75, 3.05) is 11.5 Å². The van der Waals surface area contributed by atoms with E-state index in [1.807, 2.05) is 12.1 Å². The summed E-state index contributed by atoms with van der Waals surface area (Å²) in [4.78, 5) is 36.4. The molecule has 3 rings (SSSR count). The lowest BCUT2D eigenvalue weighted by Gasteiger charge is -2.10. The van der Waals surface area contributed by atoms with E-state index in [1.165, 1.54) is 14.1 Å². The standard InChI is InChI=1S/C14H14N6O3S/c1-18-11(15)10(12(22)19(2)14(18)23)8(21)7-24-13-17-16-9-5-3-4-6-20(9)13/h3-6H,7,15H2,1-2H3. The van der Waals surface area contributed by atoms with Crippen LogP contribution in [0.15, 0.2) is 39.1 Å². The number of carbonyl (C=O) groups is 1. The lowest BCUT2D eigenvalue weighted by Crippen LogP contribution is -2.41. The maximum absolute atomic E-state index is 12.4. The lowest BCUT2D eigenvalue weighted by molar-refractivity contribution is 0.102. The smallest absolute Gasteiger partial charge is 0.332 e. The lowest BCUT2D eigenvalue weighted by atomic mass is 10.2. The van der Waals surface area contributed by atoms with Gasteiger partial charge in [-0.05, 0) is 12.1 Å². The molecule has 0 atom stereocenters. The number of rotatable bonds is 4. The molecule has 0 aliphatic carbocycles. The van der Waals surface area contributed by atoms with Crippen molar-refractivity contribution in [1.82, 2.24) is 23.7 Å². The van der Waals surface area contributed by atoms with Gasteiger partial charge in [0.05, 0.1) is 5.75 Å². The Balaban J connectivity index is 1.91. The van der Waals surface area contributed by atoms with E-state index in [0.717, 1.165) is 20.9 Å². The largest absolute Gasteiger partial charge is 0.384 e. The molecular formula is C14H14N6O3S. The van der Waals surface area contributed by atoms with E-state index < -0.39 is 17.0 Å². The highest BCUT2D eigenvalue weighted by Gasteiger charge is 2.21. The zero-order valence-corrected chi connectivity index (χ0v) is 13.8. The van der Waals surface area contributed by atoms with E-state index >= 15 is 0 Å². The number of Topliss-reactive ketones (excluding diaryl/α,β-unsaturated/α-hetero) is 1. The first kappa shape index (κ1) is 16.0. The molecular weight excluding hydrogens is 332 g/mol. The third-order valence-corrected chi connectivity index (χ3v) is 4.55. The zero-order chi connectivity index (χ0) is 17.4. The maximum Gasteiger partial charge on any atom is 0.332 e. The summed E-state index contributed by atoms with van der Waals surface area (Å²) in [7, 11) is 2.72. The van der Waals surface area contributed by atoms with Crippen molar-refractivity contribution in [3.8, 4) is 0 Å². The number of aromatic nitrogens is 5. The van der Waals surface area contributed by atoms with Crippen LogP contribution in [0.2, 0.25) is 0 Å².